The predicted molar refractivity (Wildman–Crippen MR) is 110 cm³/mol. The summed E-state index contributed by atoms with van der Waals surface area (Å²) in [5.41, 5.74) is 1.31. The summed E-state index contributed by atoms with van der Waals surface area (Å²) in [6.07, 6.45) is 2.55. The van der Waals surface area contributed by atoms with Gasteiger partial charge < -0.3 is 15.1 Å². The highest BCUT2D eigenvalue weighted by Gasteiger charge is 2.22. The largest absolute Gasteiger partial charge is 0.356 e. The molecule has 0 aromatic heterocycles. The molecule has 1 fully saturated rings. The van der Waals surface area contributed by atoms with Gasteiger partial charge in [-0.2, -0.15) is 0 Å². The molecule has 1 saturated heterocycles. The van der Waals surface area contributed by atoms with Crippen LogP contribution in [-0.2, 0) is 6.54 Å². The van der Waals surface area contributed by atoms with Crippen LogP contribution in [0.3, 0.4) is 0 Å². The van der Waals surface area contributed by atoms with E-state index in [4.69, 9.17) is 0 Å². The van der Waals surface area contributed by atoms with Gasteiger partial charge in [-0.1, -0.05) is 37.3 Å². The van der Waals surface area contributed by atoms with E-state index in [0.29, 0.717) is 0 Å². The first-order chi connectivity index (χ1) is 10.7. The highest BCUT2D eigenvalue weighted by Crippen LogP contribution is 2.15. The van der Waals surface area contributed by atoms with Gasteiger partial charge >= 0.3 is 0 Å². The highest BCUT2D eigenvalue weighted by molar-refractivity contribution is 14.0. The number of nitrogens with zero attached hydrogens (tertiary/aromatic N) is 3. The number of guanidine groups is 1. The second-order valence-electron chi connectivity index (χ2n) is 6.23. The predicted octanol–water partition coefficient (Wildman–Crippen LogP) is 3.04. The lowest BCUT2D eigenvalue weighted by Crippen LogP contribution is -2.41. The summed E-state index contributed by atoms with van der Waals surface area (Å²) in [5.74, 6) is 1.73. The van der Waals surface area contributed by atoms with Crippen molar-refractivity contribution in [1.29, 1.82) is 0 Å². The van der Waals surface area contributed by atoms with Gasteiger partial charge in [0.1, 0.15) is 0 Å². The maximum absolute atomic E-state index is 4.42. The standard InChI is InChI=1S/C18H30N4.HI/c1-4-11-22-12-10-17(15-22)13-20-18(19-2)21(3)14-16-8-6-5-7-9-16;/h5-9,17H,4,10-15H2,1-3H3,(H,19,20);1H. The van der Waals surface area contributed by atoms with Crippen molar-refractivity contribution >= 4 is 29.9 Å². The van der Waals surface area contributed by atoms with Gasteiger partial charge in [-0.05, 0) is 37.4 Å². The Labute approximate surface area is 158 Å². The molecule has 0 aliphatic carbocycles. The van der Waals surface area contributed by atoms with Crippen LogP contribution in [0, 0.1) is 5.92 Å². The third-order valence-electron chi connectivity index (χ3n) is 4.29. The number of halogens is 1. The lowest BCUT2D eigenvalue weighted by Gasteiger charge is -2.23. The van der Waals surface area contributed by atoms with Crippen molar-refractivity contribution in [1.82, 2.24) is 15.1 Å². The average molecular weight is 430 g/mol. The molecule has 1 N–H and O–H groups in total. The molecule has 1 heterocycles. The van der Waals surface area contributed by atoms with E-state index in [1.165, 1.54) is 38.0 Å². The molecule has 0 saturated carbocycles. The second-order valence-corrected chi connectivity index (χ2v) is 6.23. The molecule has 1 unspecified atom stereocenters. The molecule has 0 spiro atoms. The zero-order valence-corrected chi connectivity index (χ0v) is 17.0. The quantitative estimate of drug-likeness (QED) is 0.428. The van der Waals surface area contributed by atoms with Crippen LogP contribution >= 0.6 is 24.0 Å². The van der Waals surface area contributed by atoms with Crippen molar-refractivity contribution < 1.29 is 0 Å². The van der Waals surface area contributed by atoms with Gasteiger partial charge in [0.05, 0.1) is 0 Å². The lowest BCUT2D eigenvalue weighted by molar-refractivity contribution is 0.324. The first-order valence-corrected chi connectivity index (χ1v) is 8.41. The molecule has 1 aliphatic rings. The van der Waals surface area contributed by atoms with Gasteiger partial charge in [-0.25, -0.2) is 0 Å². The summed E-state index contributed by atoms with van der Waals surface area (Å²) in [7, 11) is 3.96. The van der Waals surface area contributed by atoms with E-state index >= 15 is 0 Å². The average Bonchev–Trinajstić information content (AvgIpc) is 2.97. The number of aliphatic imine (C=N–C) groups is 1. The maximum Gasteiger partial charge on any atom is 0.193 e. The Balaban J connectivity index is 0.00000264. The fourth-order valence-corrected chi connectivity index (χ4v) is 3.15. The zero-order chi connectivity index (χ0) is 15.8. The first-order valence-electron chi connectivity index (χ1n) is 8.41. The van der Waals surface area contributed by atoms with Crippen molar-refractivity contribution in [3.8, 4) is 0 Å². The molecule has 0 bridgehead atoms. The SMILES string of the molecule is CCCN1CCC(CNC(=NC)N(C)Cc2ccccc2)C1.I. The van der Waals surface area contributed by atoms with E-state index in [1.807, 2.05) is 7.05 Å². The molecule has 4 nitrogen and oxygen atoms in total. The number of benzene rings is 1. The number of rotatable bonds is 6. The fourth-order valence-electron chi connectivity index (χ4n) is 3.15. The molecule has 1 aromatic rings. The number of hydrogen-bond donors (Lipinski definition) is 1. The van der Waals surface area contributed by atoms with Crippen LogP contribution in [0.2, 0.25) is 0 Å². The van der Waals surface area contributed by atoms with Gasteiger partial charge in [0.25, 0.3) is 0 Å². The minimum atomic E-state index is 0. The molecule has 23 heavy (non-hydrogen) atoms. The Hall–Kier alpha value is -0.820. The Morgan fingerprint density at radius 2 is 2.09 bits per heavy atom. The summed E-state index contributed by atoms with van der Waals surface area (Å²) < 4.78 is 0. The molecule has 0 amide bonds. The van der Waals surface area contributed by atoms with Gasteiger partial charge in [0.2, 0.25) is 0 Å². The second kappa shape index (κ2) is 10.9. The Kier molecular flexibility index (Phi) is 9.55. The van der Waals surface area contributed by atoms with Crippen LogP contribution in [0.4, 0.5) is 0 Å². The highest BCUT2D eigenvalue weighted by atomic mass is 127. The number of nitrogens with one attached hydrogen (secondary N) is 1. The van der Waals surface area contributed by atoms with Crippen molar-refractivity contribution in [3.63, 3.8) is 0 Å². The number of hydrogen-bond acceptors (Lipinski definition) is 2. The zero-order valence-electron chi connectivity index (χ0n) is 14.7. The summed E-state index contributed by atoms with van der Waals surface area (Å²) in [4.78, 5) is 9.18. The molecule has 1 aliphatic heterocycles. The summed E-state index contributed by atoms with van der Waals surface area (Å²) in [5, 5.41) is 3.54. The van der Waals surface area contributed by atoms with E-state index in [-0.39, 0.29) is 24.0 Å². The van der Waals surface area contributed by atoms with Crippen LogP contribution in [0.15, 0.2) is 35.3 Å². The van der Waals surface area contributed by atoms with Crippen LogP contribution in [0.5, 0.6) is 0 Å². The molecule has 0 radical (unpaired) electrons. The van der Waals surface area contributed by atoms with Gasteiger partial charge in [-0.15, -0.1) is 24.0 Å². The van der Waals surface area contributed by atoms with Crippen molar-refractivity contribution in [2.45, 2.75) is 26.3 Å². The molecule has 5 heteroatoms. The Morgan fingerprint density at radius 1 is 1.35 bits per heavy atom. The topological polar surface area (TPSA) is 30.9 Å². The fraction of sp³-hybridized carbons (Fsp3) is 0.611. The van der Waals surface area contributed by atoms with E-state index in [9.17, 15) is 0 Å². The van der Waals surface area contributed by atoms with Crippen molar-refractivity contribution in [2.24, 2.45) is 10.9 Å². The van der Waals surface area contributed by atoms with E-state index < -0.39 is 0 Å². The maximum atomic E-state index is 4.42. The van der Waals surface area contributed by atoms with Gasteiger partial charge in [0, 0.05) is 33.7 Å². The van der Waals surface area contributed by atoms with E-state index in [0.717, 1.165) is 25.0 Å². The van der Waals surface area contributed by atoms with Crippen LogP contribution in [-0.4, -0.2) is 56.0 Å². The third kappa shape index (κ3) is 6.67. The molecule has 130 valence electrons. The van der Waals surface area contributed by atoms with E-state index in [1.54, 1.807) is 0 Å². The molecule has 1 aromatic carbocycles. The Bertz CT molecular complexity index is 463. The van der Waals surface area contributed by atoms with Crippen LogP contribution in [0.25, 0.3) is 0 Å². The minimum Gasteiger partial charge on any atom is -0.356 e. The monoisotopic (exact) mass is 430 g/mol. The van der Waals surface area contributed by atoms with Gasteiger partial charge in [-0.3, -0.25) is 4.99 Å². The normalized spacial score (nSPS) is 18.6. The third-order valence-corrected chi connectivity index (χ3v) is 4.29. The molecule has 2 rings (SSSR count). The first kappa shape index (κ1) is 20.2. The number of likely N-dealkylation sites (tertiary alicyclic amines) is 1. The van der Waals surface area contributed by atoms with Crippen molar-refractivity contribution in [2.75, 3.05) is 40.3 Å². The summed E-state index contributed by atoms with van der Waals surface area (Å²) in [6, 6.07) is 10.5. The minimum absolute atomic E-state index is 0. The molecular formula is C18H31IN4. The van der Waals surface area contributed by atoms with Crippen LogP contribution in [0.1, 0.15) is 25.3 Å². The Morgan fingerprint density at radius 3 is 2.74 bits per heavy atom. The summed E-state index contributed by atoms with van der Waals surface area (Å²) in [6.45, 7) is 7.86. The summed E-state index contributed by atoms with van der Waals surface area (Å²) >= 11 is 0. The smallest absolute Gasteiger partial charge is 0.193 e. The lowest BCUT2D eigenvalue weighted by atomic mass is 10.1. The van der Waals surface area contributed by atoms with Gasteiger partial charge in [0.15, 0.2) is 5.96 Å². The molecular weight excluding hydrogens is 399 g/mol. The van der Waals surface area contributed by atoms with Crippen LogP contribution < -0.4 is 5.32 Å². The van der Waals surface area contributed by atoms with Crippen molar-refractivity contribution in [3.05, 3.63) is 35.9 Å². The molecule has 1 atom stereocenters. The van der Waals surface area contributed by atoms with E-state index in [2.05, 4.69) is 64.4 Å².